The van der Waals surface area contributed by atoms with Crippen LogP contribution >= 0.6 is 0 Å². The van der Waals surface area contributed by atoms with Gasteiger partial charge in [0.2, 0.25) is 6.08 Å². The normalized spacial score (nSPS) is 30.6. The first-order chi connectivity index (χ1) is 10.8. The second-order valence-corrected chi connectivity index (χ2v) is 8.30. The Morgan fingerprint density at radius 2 is 1.41 bits per heavy atom. The fourth-order valence-electron chi connectivity index (χ4n) is 6.21. The van der Waals surface area contributed by atoms with Crippen molar-refractivity contribution in [3.05, 3.63) is 0 Å². The molecule has 0 bridgehead atoms. The van der Waals surface area contributed by atoms with Crippen LogP contribution in [0.2, 0.25) is 0 Å². The van der Waals surface area contributed by atoms with Gasteiger partial charge in [0.25, 0.3) is 0 Å². The van der Waals surface area contributed by atoms with Gasteiger partial charge in [0.1, 0.15) is 0 Å². The lowest BCUT2D eigenvalue weighted by Gasteiger charge is -2.53. The van der Waals surface area contributed by atoms with Crippen molar-refractivity contribution in [3.63, 3.8) is 0 Å². The number of nitrogens with zero attached hydrogens (tertiary/aromatic N) is 1. The molecule has 3 rings (SSSR count). The molecule has 0 spiro atoms. The van der Waals surface area contributed by atoms with Gasteiger partial charge in [-0.05, 0) is 68.1 Å². The van der Waals surface area contributed by atoms with Crippen LogP contribution in [0.15, 0.2) is 4.99 Å². The third kappa shape index (κ3) is 3.48. The van der Waals surface area contributed by atoms with Gasteiger partial charge < -0.3 is 0 Å². The summed E-state index contributed by atoms with van der Waals surface area (Å²) in [4.78, 5) is 14.5. The molecule has 0 radical (unpaired) electrons. The van der Waals surface area contributed by atoms with Crippen LogP contribution in [0.3, 0.4) is 0 Å². The van der Waals surface area contributed by atoms with Gasteiger partial charge in [0, 0.05) is 0 Å². The third-order valence-corrected chi connectivity index (χ3v) is 7.17. The predicted octanol–water partition coefficient (Wildman–Crippen LogP) is 5.66. The third-order valence-electron chi connectivity index (χ3n) is 7.17. The molecule has 0 aromatic heterocycles. The second kappa shape index (κ2) is 7.77. The molecular weight excluding hydrogens is 270 g/mol. The molecule has 3 saturated carbocycles. The summed E-state index contributed by atoms with van der Waals surface area (Å²) in [5, 5.41) is 0. The number of isocyanates is 1. The molecule has 2 heteroatoms. The Kier molecular flexibility index (Phi) is 5.74. The zero-order valence-corrected chi connectivity index (χ0v) is 14.2. The number of aliphatic imine (C=N–C) groups is 1. The molecule has 0 N–H and O–H groups in total. The highest BCUT2D eigenvalue weighted by Crippen LogP contribution is 2.57. The van der Waals surface area contributed by atoms with Crippen LogP contribution in [0.25, 0.3) is 0 Å². The summed E-state index contributed by atoms with van der Waals surface area (Å²) in [6.07, 6.45) is 21.9. The van der Waals surface area contributed by atoms with Gasteiger partial charge in [-0.2, -0.15) is 0 Å². The Morgan fingerprint density at radius 1 is 0.818 bits per heavy atom. The number of rotatable bonds is 4. The highest BCUT2D eigenvalue weighted by atomic mass is 16.1. The fraction of sp³-hybridized carbons (Fsp3) is 0.950. The Labute approximate surface area is 136 Å². The van der Waals surface area contributed by atoms with Crippen LogP contribution < -0.4 is 0 Å². The quantitative estimate of drug-likeness (QED) is 0.486. The Hall–Kier alpha value is -0.620. The van der Waals surface area contributed by atoms with Crippen molar-refractivity contribution in [1.29, 1.82) is 0 Å². The predicted molar refractivity (Wildman–Crippen MR) is 90.5 cm³/mol. The minimum absolute atomic E-state index is 0.599. The van der Waals surface area contributed by atoms with E-state index in [2.05, 4.69) is 4.99 Å². The van der Waals surface area contributed by atoms with Crippen molar-refractivity contribution in [1.82, 2.24) is 0 Å². The smallest absolute Gasteiger partial charge is 0.211 e. The second-order valence-electron chi connectivity index (χ2n) is 8.30. The fourth-order valence-corrected chi connectivity index (χ4v) is 6.21. The van der Waals surface area contributed by atoms with E-state index in [1.165, 1.54) is 89.9 Å². The first kappa shape index (κ1) is 16.2. The topological polar surface area (TPSA) is 29.4 Å². The van der Waals surface area contributed by atoms with Gasteiger partial charge in [-0.15, -0.1) is 0 Å². The van der Waals surface area contributed by atoms with Crippen LogP contribution in [0, 0.1) is 23.2 Å². The van der Waals surface area contributed by atoms with Crippen LogP contribution in [0.1, 0.15) is 89.9 Å². The van der Waals surface area contributed by atoms with E-state index >= 15 is 0 Å². The molecule has 0 aromatic carbocycles. The number of hydrogen-bond donors (Lipinski definition) is 0. The van der Waals surface area contributed by atoms with E-state index < -0.39 is 0 Å². The average Bonchev–Trinajstić information content (AvgIpc) is 2.61. The molecule has 0 aromatic rings. The van der Waals surface area contributed by atoms with Crippen LogP contribution in [-0.4, -0.2) is 12.6 Å². The Morgan fingerprint density at radius 3 is 1.95 bits per heavy atom. The van der Waals surface area contributed by atoms with Crippen LogP contribution in [-0.2, 0) is 4.79 Å². The van der Waals surface area contributed by atoms with Crippen LogP contribution in [0.5, 0.6) is 0 Å². The van der Waals surface area contributed by atoms with E-state index in [-0.39, 0.29) is 0 Å². The zero-order chi connectivity index (χ0) is 15.3. The Balaban J connectivity index is 1.79. The molecule has 3 aliphatic carbocycles. The first-order valence-electron chi connectivity index (χ1n) is 9.89. The summed E-state index contributed by atoms with van der Waals surface area (Å²) < 4.78 is 0. The molecule has 2 nitrogen and oxygen atoms in total. The van der Waals surface area contributed by atoms with E-state index in [0.29, 0.717) is 11.3 Å². The molecule has 0 saturated heterocycles. The molecule has 124 valence electrons. The summed E-state index contributed by atoms with van der Waals surface area (Å²) in [6, 6.07) is 0. The lowest BCUT2D eigenvalue weighted by Crippen LogP contribution is -2.44. The maximum Gasteiger partial charge on any atom is 0.234 e. The monoisotopic (exact) mass is 303 g/mol. The zero-order valence-electron chi connectivity index (χ0n) is 14.2. The van der Waals surface area contributed by atoms with E-state index in [9.17, 15) is 4.79 Å². The van der Waals surface area contributed by atoms with Gasteiger partial charge >= 0.3 is 0 Å². The van der Waals surface area contributed by atoms with E-state index in [1.54, 1.807) is 6.08 Å². The summed E-state index contributed by atoms with van der Waals surface area (Å²) in [5.41, 5.74) is 0.599. The van der Waals surface area contributed by atoms with E-state index in [4.69, 9.17) is 0 Å². The molecule has 1 unspecified atom stereocenters. The molecule has 0 aliphatic heterocycles. The lowest BCUT2D eigenvalue weighted by molar-refractivity contribution is -0.0298. The maximum absolute atomic E-state index is 10.5. The largest absolute Gasteiger partial charge is 0.234 e. The van der Waals surface area contributed by atoms with Crippen molar-refractivity contribution in [2.75, 3.05) is 6.54 Å². The van der Waals surface area contributed by atoms with E-state index in [0.717, 1.165) is 18.4 Å². The van der Waals surface area contributed by atoms with Crippen LogP contribution in [0.4, 0.5) is 0 Å². The number of carbonyl (C=O) groups excluding carboxylic acids is 1. The molecule has 1 atom stereocenters. The minimum atomic E-state index is 0.599. The van der Waals surface area contributed by atoms with Gasteiger partial charge in [0.15, 0.2) is 0 Å². The molecule has 3 aliphatic rings. The van der Waals surface area contributed by atoms with Gasteiger partial charge in [-0.1, -0.05) is 44.9 Å². The van der Waals surface area contributed by atoms with Crippen molar-refractivity contribution in [2.24, 2.45) is 28.2 Å². The summed E-state index contributed by atoms with van der Waals surface area (Å²) in [5.74, 6) is 2.58. The number of hydrogen-bond acceptors (Lipinski definition) is 2. The van der Waals surface area contributed by atoms with Gasteiger partial charge in [-0.25, -0.2) is 9.79 Å². The van der Waals surface area contributed by atoms with Gasteiger partial charge in [-0.3, -0.25) is 0 Å². The van der Waals surface area contributed by atoms with Crippen molar-refractivity contribution in [3.8, 4) is 0 Å². The average molecular weight is 303 g/mol. The SMILES string of the molecule is O=C=NCC1CCCC(C2CCCCC2)(C2CCCCC2)C1. The molecule has 22 heavy (non-hydrogen) atoms. The minimum Gasteiger partial charge on any atom is -0.211 e. The Bertz CT molecular complexity index is 369. The van der Waals surface area contributed by atoms with Crippen molar-refractivity contribution >= 4 is 6.08 Å². The standard InChI is InChI=1S/C20H33NO/c22-16-21-15-17-8-7-13-20(14-17,18-9-3-1-4-10-18)19-11-5-2-6-12-19/h17-19H,1-15H2. The van der Waals surface area contributed by atoms with Crippen molar-refractivity contribution in [2.45, 2.75) is 89.9 Å². The molecule has 0 heterocycles. The lowest BCUT2D eigenvalue weighted by atomic mass is 9.52. The van der Waals surface area contributed by atoms with Crippen molar-refractivity contribution < 1.29 is 4.79 Å². The summed E-state index contributed by atoms with van der Waals surface area (Å²) >= 11 is 0. The maximum atomic E-state index is 10.5. The molecular formula is C20H33NO. The summed E-state index contributed by atoms with van der Waals surface area (Å²) in [7, 11) is 0. The first-order valence-corrected chi connectivity index (χ1v) is 9.89. The highest BCUT2D eigenvalue weighted by molar-refractivity contribution is 5.32. The molecule has 3 fully saturated rings. The highest BCUT2D eigenvalue weighted by Gasteiger charge is 2.47. The summed E-state index contributed by atoms with van der Waals surface area (Å²) in [6.45, 7) is 0.741. The van der Waals surface area contributed by atoms with Gasteiger partial charge in [0.05, 0.1) is 6.54 Å². The van der Waals surface area contributed by atoms with E-state index in [1.807, 2.05) is 0 Å². The molecule has 0 amide bonds.